The topological polar surface area (TPSA) is 33.1 Å². The molecular formula is C12H10Cl3NO. The van der Waals surface area contributed by atoms with Gasteiger partial charge in [0.1, 0.15) is 6.10 Å². The van der Waals surface area contributed by atoms with E-state index in [4.69, 9.17) is 34.8 Å². The molecule has 0 spiro atoms. The van der Waals surface area contributed by atoms with Gasteiger partial charge in [-0.1, -0.05) is 53.0 Å². The van der Waals surface area contributed by atoms with Crippen LogP contribution in [-0.4, -0.2) is 20.0 Å². The quantitative estimate of drug-likeness (QED) is 0.859. The van der Waals surface area contributed by atoms with Crippen molar-refractivity contribution in [2.45, 2.75) is 16.3 Å². The van der Waals surface area contributed by atoms with Crippen LogP contribution >= 0.6 is 34.8 Å². The van der Waals surface area contributed by atoms with E-state index in [1.807, 2.05) is 30.3 Å². The number of aromatic nitrogens is 1. The lowest BCUT2D eigenvalue weighted by atomic mass is 10.0. The molecule has 0 saturated heterocycles. The molecule has 1 atom stereocenters. The highest BCUT2D eigenvalue weighted by Crippen LogP contribution is 2.32. The fraction of sp³-hybridized carbons (Fsp3) is 0.250. The first-order chi connectivity index (χ1) is 7.98. The van der Waals surface area contributed by atoms with E-state index in [9.17, 15) is 5.11 Å². The van der Waals surface area contributed by atoms with Crippen molar-refractivity contribution in [1.82, 2.24) is 4.98 Å². The van der Waals surface area contributed by atoms with Crippen LogP contribution in [0.2, 0.25) is 0 Å². The molecule has 2 nitrogen and oxygen atoms in total. The molecule has 1 aromatic carbocycles. The maximum absolute atomic E-state index is 9.78. The molecule has 0 aliphatic heterocycles. The molecule has 0 aliphatic carbocycles. The highest BCUT2D eigenvalue weighted by Gasteiger charge is 2.31. The molecule has 0 saturated carbocycles. The van der Waals surface area contributed by atoms with Crippen molar-refractivity contribution in [2.24, 2.45) is 0 Å². The van der Waals surface area contributed by atoms with E-state index < -0.39 is 9.90 Å². The third-order valence-corrected chi connectivity index (χ3v) is 3.29. The normalized spacial score (nSPS) is 13.9. The predicted octanol–water partition coefficient (Wildman–Crippen LogP) is 3.51. The van der Waals surface area contributed by atoms with Gasteiger partial charge in [0, 0.05) is 18.0 Å². The summed E-state index contributed by atoms with van der Waals surface area (Å²) >= 11 is 16.9. The number of hydrogen-bond acceptors (Lipinski definition) is 2. The summed E-state index contributed by atoms with van der Waals surface area (Å²) in [6, 6.07) is 9.48. The molecule has 0 bridgehead atoms. The van der Waals surface area contributed by atoms with Gasteiger partial charge in [-0.3, -0.25) is 4.98 Å². The van der Waals surface area contributed by atoms with Crippen LogP contribution < -0.4 is 0 Å². The summed E-state index contributed by atoms with van der Waals surface area (Å²) in [4.78, 5) is 4.23. The number of aliphatic hydroxyl groups excluding tert-OH is 1. The Morgan fingerprint density at radius 1 is 1.18 bits per heavy atom. The largest absolute Gasteiger partial charge is 0.388 e. The second-order valence-electron chi connectivity index (χ2n) is 3.75. The van der Waals surface area contributed by atoms with Gasteiger partial charge < -0.3 is 5.11 Å². The second-order valence-corrected chi connectivity index (χ2v) is 6.12. The van der Waals surface area contributed by atoms with E-state index in [-0.39, 0.29) is 6.42 Å². The van der Waals surface area contributed by atoms with Gasteiger partial charge >= 0.3 is 0 Å². The van der Waals surface area contributed by atoms with E-state index in [1.165, 1.54) is 0 Å². The molecule has 5 heteroatoms. The van der Waals surface area contributed by atoms with Crippen molar-refractivity contribution in [3.63, 3.8) is 0 Å². The SMILES string of the molecule is O[C@@H](Cc1ccnc2ccccc12)C(Cl)(Cl)Cl. The van der Waals surface area contributed by atoms with E-state index in [0.29, 0.717) is 0 Å². The van der Waals surface area contributed by atoms with Crippen LogP contribution in [0.25, 0.3) is 10.9 Å². The third kappa shape index (κ3) is 3.02. The molecule has 1 N–H and O–H groups in total. The van der Waals surface area contributed by atoms with Gasteiger partial charge in [0.15, 0.2) is 0 Å². The molecule has 2 rings (SSSR count). The van der Waals surface area contributed by atoms with E-state index in [0.717, 1.165) is 16.5 Å². The van der Waals surface area contributed by atoms with Crippen molar-refractivity contribution < 1.29 is 5.11 Å². The van der Waals surface area contributed by atoms with Gasteiger partial charge in [0.05, 0.1) is 5.52 Å². The summed E-state index contributed by atoms with van der Waals surface area (Å²) in [5.74, 6) is 0. The lowest BCUT2D eigenvalue weighted by molar-refractivity contribution is 0.179. The van der Waals surface area contributed by atoms with Gasteiger partial charge in [-0.25, -0.2) is 0 Å². The van der Waals surface area contributed by atoms with Crippen LogP contribution in [0.5, 0.6) is 0 Å². The maximum Gasteiger partial charge on any atom is 0.216 e. The Bertz CT molecular complexity index is 519. The Labute approximate surface area is 114 Å². The number of halogens is 3. The average molecular weight is 291 g/mol. The number of rotatable bonds is 2. The number of para-hydroxylation sites is 1. The minimum atomic E-state index is -1.68. The first-order valence-electron chi connectivity index (χ1n) is 5.06. The smallest absolute Gasteiger partial charge is 0.216 e. The number of nitrogens with zero attached hydrogens (tertiary/aromatic N) is 1. The maximum atomic E-state index is 9.78. The highest BCUT2D eigenvalue weighted by atomic mass is 35.6. The zero-order valence-electron chi connectivity index (χ0n) is 8.78. The molecule has 0 fully saturated rings. The fourth-order valence-electron chi connectivity index (χ4n) is 1.66. The van der Waals surface area contributed by atoms with Crippen molar-refractivity contribution >= 4 is 45.7 Å². The van der Waals surface area contributed by atoms with Gasteiger partial charge in [0.2, 0.25) is 3.79 Å². The van der Waals surface area contributed by atoms with Crippen LogP contribution in [0.15, 0.2) is 36.5 Å². The second kappa shape index (κ2) is 4.99. The first-order valence-corrected chi connectivity index (χ1v) is 6.19. The Morgan fingerprint density at radius 3 is 2.59 bits per heavy atom. The summed E-state index contributed by atoms with van der Waals surface area (Å²) in [5.41, 5.74) is 1.77. The molecule has 0 aliphatic rings. The summed E-state index contributed by atoms with van der Waals surface area (Å²) in [5, 5.41) is 10.7. The molecule has 0 unspecified atom stereocenters. The summed E-state index contributed by atoms with van der Waals surface area (Å²) in [6.45, 7) is 0. The Morgan fingerprint density at radius 2 is 1.88 bits per heavy atom. The van der Waals surface area contributed by atoms with Crippen LogP contribution in [0.3, 0.4) is 0 Å². The molecule has 0 amide bonds. The standard InChI is InChI=1S/C12H10Cl3NO/c13-12(14,15)11(17)7-8-5-6-16-10-4-2-1-3-9(8)10/h1-6,11,17H,7H2/t11-/m0/s1. The number of alkyl halides is 3. The van der Waals surface area contributed by atoms with Crippen molar-refractivity contribution in [1.29, 1.82) is 0 Å². The van der Waals surface area contributed by atoms with Crippen molar-refractivity contribution in [2.75, 3.05) is 0 Å². The van der Waals surface area contributed by atoms with Crippen LogP contribution in [0.1, 0.15) is 5.56 Å². The average Bonchev–Trinajstić information content (AvgIpc) is 2.28. The van der Waals surface area contributed by atoms with Crippen LogP contribution in [-0.2, 0) is 6.42 Å². The van der Waals surface area contributed by atoms with Gasteiger partial charge in [-0.15, -0.1) is 0 Å². The number of hydrogen-bond donors (Lipinski definition) is 1. The van der Waals surface area contributed by atoms with E-state index in [2.05, 4.69) is 4.98 Å². The van der Waals surface area contributed by atoms with Gasteiger partial charge in [-0.05, 0) is 17.7 Å². The molecule has 2 aromatic rings. The zero-order valence-corrected chi connectivity index (χ0v) is 11.0. The van der Waals surface area contributed by atoms with Crippen molar-refractivity contribution in [3.05, 3.63) is 42.1 Å². The molecular weight excluding hydrogens is 280 g/mol. The monoisotopic (exact) mass is 289 g/mol. The molecule has 1 aromatic heterocycles. The lowest BCUT2D eigenvalue weighted by Gasteiger charge is -2.19. The molecule has 17 heavy (non-hydrogen) atoms. The molecule has 0 radical (unpaired) electrons. The minimum Gasteiger partial charge on any atom is -0.388 e. The van der Waals surface area contributed by atoms with E-state index in [1.54, 1.807) is 6.20 Å². The summed E-state index contributed by atoms with van der Waals surface area (Å²) in [6.07, 6.45) is 0.917. The summed E-state index contributed by atoms with van der Waals surface area (Å²) < 4.78 is -1.68. The number of fused-ring (bicyclic) bond motifs is 1. The molecule has 90 valence electrons. The third-order valence-electron chi connectivity index (χ3n) is 2.53. The Balaban J connectivity index is 2.36. The summed E-state index contributed by atoms with van der Waals surface area (Å²) in [7, 11) is 0. The molecule has 1 heterocycles. The van der Waals surface area contributed by atoms with Crippen molar-refractivity contribution in [3.8, 4) is 0 Å². The lowest BCUT2D eigenvalue weighted by Crippen LogP contribution is -2.27. The predicted molar refractivity (Wildman–Crippen MR) is 71.7 cm³/mol. The Hall–Kier alpha value is -0.540. The zero-order chi connectivity index (χ0) is 12.5. The van der Waals surface area contributed by atoms with Gasteiger partial charge in [-0.2, -0.15) is 0 Å². The number of pyridine rings is 1. The van der Waals surface area contributed by atoms with E-state index >= 15 is 0 Å². The number of aliphatic hydroxyl groups is 1. The fourth-order valence-corrected chi connectivity index (χ4v) is 1.89. The highest BCUT2D eigenvalue weighted by molar-refractivity contribution is 6.68. The van der Waals surface area contributed by atoms with Gasteiger partial charge in [0.25, 0.3) is 0 Å². The van der Waals surface area contributed by atoms with Crippen LogP contribution in [0.4, 0.5) is 0 Å². The minimum absolute atomic E-state index is 0.277. The first kappa shape index (κ1) is 12.9. The Kier molecular flexibility index (Phi) is 3.79. The van der Waals surface area contributed by atoms with Crippen LogP contribution in [0, 0.1) is 0 Å². The number of benzene rings is 1.